The fourth-order valence-electron chi connectivity index (χ4n) is 1.68. The predicted octanol–water partition coefficient (Wildman–Crippen LogP) is 1.10. The zero-order valence-corrected chi connectivity index (χ0v) is 11.9. The quantitative estimate of drug-likeness (QED) is 0.483. The number of benzene rings is 1. The summed E-state index contributed by atoms with van der Waals surface area (Å²) in [6, 6.07) is 11.1. The molecule has 0 unspecified atom stereocenters. The van der Waals surface area contributed by atoms with E-state index in [0.29, 0.717) is 17.5 Å². The molecular weight excluding hydrogens is 268 g/mol. The van der Waals surface area contributed by atoms with E-state index in [0.717, 1.165) is 5.56 Å². The van der Waals surface area contributed by atoms with Crippen LogP contribution in [0.2, 0.25) is 0 Å². The van der Waals surface area contributed by atoms with Gasteiger partial charge in [0.1, 0.15) is 17.2 Å². The first-order chi connectivity index (χ1) is 9.92. The number of hydrogen-bond acceptors (Lipinski definition) is 6. The molecule has 1 aromatic heterocycles. The third-order valence-corrected chi connectivity index (χ3v) is 2.96. The van der Waals surface area contributed by atoms with Gasteiger partial charge in [-0.05, 0) is 13.8 Å². The maximum Gasteiger partial charge on any atom is 0.242 e. The molecule has 1 aromatic carbocycles. The second-order valence-corrected chi connectivity index (χ2v) is 5.09. The maximum absolute atomic E-state index is 11.4. The van der Waals surface area contributed by atoms with Crippen molar-refractivity contribution in [2.75, 3.05) is 10.7 Å². The van der Waals surface area contributed by atoms with Gasteiger partial charge < -0.3 is 16.5 Å². The fraction of sp³-hybridized carbons (Fsp3) is 0.214. The number of primary amides is 1. The SMILES string of the molecule is CC(C)(Nc1cc(NN)nc(-c2ccccc2)n1)C(N)=O. The van der Waals surface area contributed by atoms with E-state index in [4.69, 9.17) is 11.6 Å². The first kappa shape index (κ1) is 14.7. The number of carbonyl (C=O) groups is 1. The van der Waals surface area contributed by atoms with Gasteiger partial charge in [0, 0.05) is 11.6 Å². The largest absolute Gasteiger partial charge is 0.368 e. The molecule has 0 aliphatic heterocycles. The summed E-state index contributed by atoms with van der Waals surface area (Å²) >= 11 is 0. The number of nitrogens with two attached hydrogens (primary N) is 2. The number of nitrogens with one attached hydrogen (secondary N) is 2. The van der Waals surface area contributed by atoms with E-state index < -0.39 is 11.4 Å². The summed E-state index contributed by atoms with van der Waals surface area (Å²) in [7, 11) is 0. The van der Waals surface area contributed by atoms with E-state index >= 15 is 0 Å². The van der Waals surface area contributed by atoms with Gasteiger partial charge in [0.05, 0.1) is 0 Å². The molecule has 0 spiro atoms. The molecule has 0 saturated carbocycles. The van der Waals surface area contributed by atoms with Crippen LogP contribution < -0.4 is 22.3 Å². The minimum absolute atomic E-state index is 0.437. The molecule has 7 nitrogen and oxygen atoms in total. The molecule has 0 bridgehead atoms. The van der Waals surface area contributed by atoms with Gasteiger partial charge in [0.25, 0.3) is 0 Å². The van der Waals surface area contributed by atoms with E-state index in [1.54, 1.807) is 19.9 Å². The molecule has 6 N–H and O–H groups in total. The lowest BCUT2D eigenvalue weighted by Crippen LogP contribution is -2.45. The Balaban J connectivity index is 2.41. The van der Waals surface area contributed by atoms with Crippen LogP contribution in [0.1, 0.15) is 13.8 Å². The van der Waals surface area contributed by atoms with Crippen LogP contribution in [0.25, 0.3) is 11.4 Å². The molecule has 0 fully saturated rings. The average molecular weight is 286 g/mol. The number of carbonyl (C=O) groups excluding carboxylic acids is 1. The van der Waals surface area contributed by atoms with E-state index in [9.17, 15) is 4.79 Å². The highest BCUT2D eigenvalue weighted by Gasteiger charge is 2.25. The van der Waals surface area contributed by atoms with Crippen molar-refractivity contribution in [1.82, 2.24) is 9.97 Å². The normalized spacial score (nSPS) is 11.0. The molecule has 2 rings (SSSR count). The van der Waals surface area contributed by atoms with E-state index in [2.05, 4.69) is 20.7 Å². The molecule has 0 aliphatic carbocycles. The van der Waals surface area contributed by atoms with Gasteiger partial charge >= 0.3 is 0 Å². The summed E-state index contributed by atoms with van der Waals surface area (Å²) in [6.45, 7) is 3.35. The Morgan fingerprint density at radius 2 is 1.76 bits per heavy atom. The molecule has 7 heteroatoms. The van der Waals surface area contributed by atoms with E-state index in [-0.39, 0.29) is 0 Å². The number of rotatable bonds is 5. The van der Waals surface area contributed by atoms with Gasteiger partial charge in [0.2, 0.25) is 5.91 Å². The highest BCUT2D eigenvalue weighted by Crippen LogP contribution is 2.21. The summed E-state index contributed by atoms with van der Waals surface area (Å²) in [6.07, 6.45) is 0. The summed E-state index contributed by atoms with van der Waals surface area (Å²) in [5.41, 5.74) is 7.74. The first-order valence-electron chi connectivity index (χ1n) is 6.41. The van der Waals surface area contributed by atoms with Crippen molar-refractivity contribution < 1.29 is 4.79 Å². The Morgan fingerprint density at radius 3 is 2.33 bits per heavy atom. The number of amides is 1. The Morgan fingerprint density at radius 1 is 1.14 bits per heavy atom. The van der Waals surface area contributed by atoms with Gasteiger partial charge in [-0.3, -0.25) is 4.79 Å². The standard InChI is InChI=1S/C14H18N6O/c1-14(2,13(15)21)19-10-8-11(20-16)18-12(17-10)9-6-4-3-5-7-9/h3-8H,16H2,1-2H3,(H2,15,21)(H2,17,18,19,20). The molecule has 110 valence electrons. The fourth-order valence-corrected chi connectivity index (χ4v) is 1.68. The summed E-state index contributed by atoms with van der Waals surface area (Å²) in [4.78, 5) is 20.1. The van der Waals surface area contributed by atoms with Crippen LogP contribution >= 0.6 is 0 Å². The van der Waals surface area contributed by atoms with Gasteiger partial charge in [-0.25, -0.2) is 15.8 Å². The number of hydrogen-bond donors (Lipinski definition) is 4. The lowest BCUT2D eigenvalue weighted by atomic mass is 10.1. The number of nitrogens with zero attached hydrogens (tertiary/aromatic N) is 2. The molecule has 0 saturated heterocycles. The Kier molecular flexibility index (Phi) is 4.04. The van der Waals surface area contributed by atoms with E-state index in [1.807, 2.05) is 30.3 Å². The van der Waals surface area contributed by atoms with Gasteiger partial charge in [-0.2, -0.15) is 0 Å². The second kappa shape index (κ2) is 5.76. The molecule has 0 atom stereocenters. The number of anilines is 2. The van der Waals surface area contributed by atoms with Gasteiger partial charge in [0.15, 0.2) is 5.82 Å². The van der Waals surface area contributed by atoms with Crippen LogP contribution in [-0.2, 0) is 4.79 Å². The van der Waals surface area contributed by atoms with Gasteiger partial charge in [-0.1, -0.05) is 30.3 Å². The highest BCUT2D eigenvalue weighted by molar-refractivity contribution is 5.86. The molecule has 1 heterocycles. The topological polar surface area (TPSA) is 119 Å². The third-order valence-electron chi connectivity index (χ3n) is 2.96. The zero-order chi connectivity index (χ0) is 15.5. The van der Waals surface area contributed by atoms with Crippen molar-refractivity contribution in [3.8, 4) is 11.4 Å². The lowest BCUT2D eigenvalue weighted by Gasteiger charge is -2.23. The molecule has 2 aromatic rings. The Hall–Kier alpha value is -2.67. The molecule has 1 amide bonds. The lowest BCUT2D eigenvalue weighted by molar-refractivity contribution is -0.121. The number of hydrazine groups is 1. The number of nitrogen functional groups attached to an aromatic ring is 1. The Labute approximate surface area is 122 Å². The van der Waals surface area contributed by atoms with Crippen molar-refractivity contribution >= 4 is 17.5 Å². The van der Waals surface area contributed by atoms with Crippen LogP contribution in [0.15, 0.2) is 36.4 Å². The Bertz CT molecular complexity index is 641. The summed E-state index contributed by atoms with van der Waals surface area (Å²) in [5.74, 6) is 6.34. The monoisotopic (exact) mass is 286 g/mol. The third kappa shape index (κ3) is 3.46. The predicted molar refractivity (Wildman–Crippen MR) is 82.2 cm³/mol. The van der Waals surface area contributed by atoms with Crippen LogP contribution in [0.4, 0.5) is 11.6 Å². The molecule has 0 aliphatic rings. The molecule has 21 heavy (non-hydrogen) atoms. The minimum Gasteiger partial charge on any atom is -0.368 e. The average Bonchev–Trinajstić information content (AvgIpc) is 2.47. The van der Waals surface area contributed by atoms with Crippen molar-refractivity contribution in [1.29, 1.82) is 0 Å². The van der Waals surface area contributed by atoms with Crippen molar-refractivity contribution in [2.24, 2.45) is 11.6 Å². The summed E-state index contributed by atoms with van der Waals surface area (Å²) in [5, 5.41) is 2.98. The van der Waals surface area contributed by atoms with Crippen LogP contribution in [-0.4, -0.2) is 21.4 Å². The zero-order valence-electron chi connectivity index (χ0n) is 11.9. The second-order valence-electron chi connectivity index (χ2n) is 5.09. The summed E-state index contributed by atoms with van der Waals surface area (Å²) < 4.78 is 0. The maximum atomic E-state index is 11.4. The molecular formula is C14H18N6O. The number of aromatic nitrogens is 2. The smallest absolute Gasteiger partial charge is 0.242 e. The van der Waals surface area contributed by atoms with E-state index in [1.165, 1.54) is 0 Å². The van der Waals surface area contributed by atoms with Gasteiger partial charge in [-0.15, -0.1) is 0 Å². The van der Waals surface area contributed by atoms with Crippen LogP contribution in [0.3, 0.4) is 0 Å². The van der Waals surface area contributed by atoms with Crippen molar-refractivity contribution in [2.45, 2.75) is 19.4 Å². The highest BCUT2D eigenvalue weighted by atomic mass is 16.1. The van der Waals surface area contributed by atoms with Crippen molar-refractivity contribution in [3.05, 3.63) is 36.4 Å². The minimum atomic E-state index is -0.936. The first-order valence-corrected chi connectivity index (χ1v) is 6.41. The van der Waals surface area contributed by atoms with Crippen LogP contribution in [0, 0.1) is 0 Å². The van der Waals surface area contributed by atoms with Crippen molar-refractivity contribution in [3.63, 3.8) is 0 Å². The van der Waals surface area contributed by atoms with Crippen LogP contribution in [0.5, 0.6) is 0 Å². The molecule has 0 radical (unpaired) electrons.